The van der Waals surface area contributed by atoms with Crippen molar-refractivity contribution in [1.82, 2.24) is 0 Å². The van der Waals surface area contributed by atoms with Gasteiger partial charge in [-0.25, -0.2) is 4.79 Å². The number of rotatable bonds is 3. The molecule has 3 heteroatoms. The zero-order chi connectivity index (χ0) is 14.1. The molecule has 0 saturated heterocycles. The summed E-state index contributed by atoms with van der Waals surface area (Å²) in [6.45, 7) is 3.76. The Bertz CT molecular complexity index is 741. The van der Waals surface area contributed by atoms with E-state index in [1.165, 1.54) is 6.08 Å². The Balaban J connectivity index is 2.07. The van der Waals surface area contributed by atoms with E-state index in [1.54, 1.807) is 7.11 Å². The first-order valence-electron chi connectivity index (χ1n) is 6.35. The van der Waals surface area contributed by atoms with Crippen molar-refractivity contribution in [3.8, 4) is 5.75 Å². The second-order valence-corrected chi connectivity index (χ2v) is 4.66. The van der Waals surface area contributed by atoms with Gasteiger partial charge in [0.15, 0.2) is 0 Å². The van der Waals surface area contributed by atoms with Crippen LogP contribution in [0.5, 0.6) is 5.75 Å². The van der Waals surface area contributed by atoms with Crippen molar-refractivity contribution >= 4 is 16.7 Å². The maximum Gasteiger partial charge on any atom is 0.336 e. The predicted octanol–water partition coefficient (Wildman–Crippen LogP) is 3.39. The third kappa shape index (κ3) is 2.07. The number of methoxy groups -OCH3 is 1. The maximum absolute atomic E-state index is 11.2. The predicted molar refractivity (Wildman–Crippen MR) is 77.5 cm³/mol. The molecule has 1 aliphatic rings. The zero-order valence-electron chi connectivity index (χ0n) is 11.2. The highest BCUT2D eigenvalue weighted by Gasteiger charge is 2.19. The molecule has 0 saturated carbocycles. The molecule has 1 heterocycles. The zero-order valence-corrected chi connectivity index (χ0v) is 11.2. The topological polar surface area (TPSA) is 35.5 Å². The number of allylic oxidation sites excluding steroid dienone is 1. The summed E-state index contributed by atoms with van der Waals surface area (Å²) in [5.41, 5.74) is 1.94. The van der Waals surface area contributed by atoms with Gasteiger partial charge in [0.25, 0.3) is 0 Å². The number of cyclic esters (lactones) is 1. The van der Waals surface area contributed by atoms with E-state index in [1.807, 2.05) is 36.4 Å². The number of esters is 1. The van der Waals surface area contributed by atoms with Crippen molar-refractivity contribution in [2.75, 3.05) is 7.11 Å². The van der Waals surface area contributed by atoms with Crippen LogP contribution in [0.25, 0.3) is 10.8 Å². The molecular formula is C17H14O3. The molecule has 0 N–H and O–H groups in total. The molecule has 0 bridgehead atoms. The molecule has 3 nitrogen and oxygen atoms in total. The highest BCUT2D eigenvalue weighted by Crippen LogP contribution is 2.31. The van der Waals surface area contributed by atoms with E-state index in [0.29, 0.717) is 12.2 Å². The molecular weight excluding hydrogens is 252 g/mol. The van der Waals surface area contributed by atoms with Gasteiger partial charge < -0.3 is 9.47 Å². The van der Waals surface area contributed by atoms with Crippen LogP contribution in [-0.4, -0.2) is 13.1 Å². The Morgan fingerprint density at radius 2 is 1.90 bits per heavy atom. The molecule has 0 amide bonds. The fraction of sp³-hybridized carbons (Fsp3) is 0.118. The van der Waals surface area contributed by atoms with Gasteiger partial charge in [-0.2, -0.15) is 0 Å². The lowest BCUT2D eigenvalue weighted by Crippen LogP contribution is -1.94. The van der Waals surface area contributed by atoms with Crippen LogP contribution in [0.15, 0.2) is 60.4 Å². The summed E-state index contributed by atoms with van der Waals surface area (Å²) >= 11 is 0. The maximum atomic E-state index is 11.2. The van der Waals surface area contributed by atoms with Gasteiger partial charge in [0, 0.05) is 23.5 Å². The normalized spacial score (nSPS) is 14.3. The lowest BCUT2D eigenvalue weighted by molar-refractivity contribution is -0.132. The van der Waals surface area contributed by atoms with Crippen molar-refractivity contribution in [2.24, 2.45) is 0 Å². The van der Waals surface area contributed by atoms with Crippen LogP contribution in [0.4, 0.5) is 0 Å². The van der Waals surface area contributed by atoms with Crippen LogP contribution in [0.3, 0.4) is 0 Å². The Hall–Kier alpha value is -2.55. The van der Waals surface area contributed by atoms with Crippen molar-refractivity contribution in [3.05, 3.63) is 65.9 Å². The van der Waals surface area contributed by atoms with E-state index >= 15 is 0 Å². The van der Waals surface area contributed by atoms with Gasteiger partial charge in [-0.15, -0.1) is 0 Å². The molecule has 0 radical (unpaired) electrons. The minimum atomic E-state index is -0.345. The Kier molecular flexibility index (Phi) is 3.03. The summed E-state index contributed by atoms with van der Waals surface area (Å²) in [4.78, 5) is 11.2. The molecule has 0 fully saturated rings. The third-order valence-corrected chi connectivity index (χ3v) is 3.45. The summed E-state index contributed by atoms with van der Waals surface area (Å²) < 4.78 is 10.3. The van der Waals surface area contributed by atoms with E-state index in [-0.39, 0.29) is 5.97 Å². The van der Waals surface area contributed by atoms with Crippen molar-refractivity contribution in [2.45, 2.75) is 6.42 Å². The van der Waals surface area contributed by atoms with Crippen LogP contribution in [-0.2, 0) is 16.0 Å². The number of hydrogen-bond donors (Lipinski definition) is 0. The van der Waals surface area contributed by atoms with Crippen molar-refractivity contribution in [1.29, 1.82) is 0 Å². The van der Waals surface area contributed by atoms with Crippen LogP contribution in [0.1, 0.15) is 5.56 Å². The fourth-order valence-corrected chi connectivity index (χ4v) is 2.46. The Morgan fingerprint density at radius 1 is 1.15 bits per heavy atom. The molecule has 3 rings (SSSR count). The molecule has 20 heavy (non-hydrogen) atoms. The highest BCUT2D eigenvalue weighted by atomic mass is 16.5. The Morgan fingerprint density at radius 3 is 2.55 bits per heavy atom. The molecule has 2 aromatic rings. The quantitative estimate of drug-likeness (QED) is 0.799. The number of carbonyl (C=O) groups is 1. The SMILES string of the molecule is C=C1OC(=O)C=C1Cc1ccc(OC)c2ccccc12. The molecule has 1 aliphatic heterocycles. The monoisotopic (exact) mass is 266 g/mol. The number of carbonyl (C=O) groups excluding carboxylic acids is 1. The second kappa shape index (κ2) is 4.85. The van der Waals surface area contributed by atoms with Gasteiger partial charge in [-0.05, 0) is 17.0 Å². The molecule has 2 aromatic carbocycles. The van der Waals surface area contributed by atoms with E-state index in [9.17, 15) is 4.79 Å². The van der Waals surface area contributed by atoms with Crippen LogP contribution < -0.4 is 4.74 Å². The average molecular weight is 266 g/mol. The first-order valence-corrected chi connectivity index (χ1v) is 6.35. The highest BCUT2D eigenvalue weighted by molar-refractivity contribution is 5.92. The van der Waals surface area contributed by atoms with Gasteiger partial charge in [0.1, 0.15) is 11.5 Å². The number of ether oxygens (including phenoxy) is 2. The minimum Gasteiger partial charge on any atom is -0.496 e. The van der Waals surface area contributed by atoms with Gasteiger partial charge >= 0.3 is 5.97 Å². The van der Waals surface area contributed by atoms with Crippen molar-refractivity contribution < 1.29 is 14.3 Å². The van der Waals surface area contributed by atoms with Crippen molar-refractivity contribution in [3.63, 3.8) is 0 Å². The lowest BCUT2D eigenvalue weighted by atomic mass is 9.97. The van der Waals surface area contributed by atoms with Crippen LogP contribution in [0.2, 0.25) is 0 Å². The van der Waals surface area contributed by atoms with Gasteiger partial charge in [0.2, 0.25) is 0 Å². The third-order valence-electron chi connectivity index (χ3n) is 3.45. The number of fused-ring (bicyclic) bond motifs is 1. The van der Waals surface area contributed by atoms with Gasteiger partial charge in [-0.3, -0.25) is 0 Å². The fourth-order valence-electron chi connectivity index (χ4n) is 2.46. The summed E-state index contributed by atoms with van der Waals surface area (Å²) in [7, 11) is 1.66. The lowest BCUT2D eigenvalue weighted by Gasteiger charge is -2.11. The average Bonchev–Trinajstić information content (AvgIpc) is 2.77. The molecule has 0 aliphatic carbocycles. The van der Waals surface area contributed by atoms with E-state index < -0.39 is 0 Å². The number of benzene rings is 2. The largest absolute Gasteiger partial charge is 0.496 e. The molecule has 100 valence electrons. The molecule has 0 spiro atoms. The summed E-state index contributed by atoms with van der Waals surface area (Å²) in [6.07, 6.45) is 2.12. The summed E-state index contributed by atoms with van der Waals surface area (Å²) in [5, 5.41) is 2.17. The first kappa shape index (κ1) is 12.5. The van der Waals surface area contributed by atoms with E-state index in [2.05, 4.69) is 6.58 Å². The van der Waals surface area contributed by atoms with Crippen LogP contribution in [0, 0.1) is 0 Å². The summed E-state index contributed by atoms with van der Waals surface area (Å²) in [5.74, 6) is 0.939. The van der Waals surface area contributed by atoms with E-state index in [4.69, 9.17) is 9.47 Å². The first-order chi connectivity index (χ1) is 9.69. The Labute approximate surface area is 117 Å². The molecule has 0 atom stereocenters. The smallest absolute Gasteiger partial charge is 0.336 e. The standard InChI is InChI=1S/C17H14O3/c1-11-13(10-17(18)20-11)9-12-7-8-16(19-2)15-6-4-3-5-14(12)15/h3-8,10H,1,9H2,2H3. The molecule has 0 unspecified atom stereocenters. The second-order valence-electron chi connectivity index (χ2n) is 4.66. The van der Waals surface area contributed by atoms with Gasteiger partial charge in [0.05, 0.1) is 7.11 Å². The summed E-state index contributed by atoms with van der Waals surface area (Å²) in [6, 6.07) is 12.0. The molecule has 0 aromatic heterocycles. The van der Waals surface area contributed by atoms with Gasteiger partial charge in [-0.1, -0.05) is 36.9 Å². The van der Waals surface area contributed by atoms with E-state index in [0.717, 1.165) is 27.7 Å². The number of hydrogen-bond acceptors (Lipinski definition) is 3. The minimum absolute atomic E-state index is 0.345. The van der Waals surface area contributed by atoms with Crippen LogP contribution >= 0.6 is 0 Å².